The molecule has 0 spiro atoms. The monoisotopic (exact) mass is 106 g/mol. The zero-order chi connectivity index (χ0) is 5.98. The van der Waals surface area contributed by atoms with Gasteiger partial charge in [-0.3, -0.25) is 0 Å². The topological polar surface area (TPSA) is 0 Å². The van der Waals surface area contributed by atoms with Gasteiger partial charge in [0.05, 0.1) is 0 Å². The van der Waals surface area contributed by atoms with Gasteiger partial charge in [-0.1, -0.05) is 37.3 Å². The first-order valence-corrected chi connectivity index (χ1v) is 3.17. The fourth-order valence-electron chi connectivity index (χ4n) is 0.904. The van der Waals surface area contributed by atoms with Crippen LogP contribution >= 0.6 is 0 Å². The summed E-state index contributed by atoms with van der Waals surface area (Å²) in [6.45, 7) is 5.16. The molecule has 8 heavy (non-hydrogen) atoms. The van der Waals surface area contributed by atoms with E-state index in [4.69, 9.17) is 0 Å². The molecular formula is C7H11B. The first kappa shape index (κ1) is 5.68. The molecule has 0 aliphatic heterocycles. The Kier molecular flexibility index (Phi) is 1.57. The van der Waals surface area contributed by atoms with Crippen molar-refractivity contribution in [3.63, 3.8) is 0 Å². The zero-order valence-corrected chi connectivity index (χ0v) is 5.52. The minimum atomic E-state index is 0.716. The second-order valence-electron chi connectivity index (χ2n) is 2.50. The molecule has 0 atom stereocenters. The van der Waals surface area contributed by atoms with Crippen LogP contribution in [0.3, 0.4) is 0 Å². The molecule has 0 aromatic carbocycles. The van der Waals surface area contributed by atoms with Crippen molar-refractivity contribution in [2.24, 2.45) is 0 Å². The minimum absolute atomic E-state index is 0.716. The van der Waals surface area contributed by atoms with Crippen LogP contribution in [0, 0.1) is 0 Å². The van der Waals surface area contributed by atoms with E-state index in [2.05, 4.69) is 31.9 Å². The van der Waals surface area contributed by atoms with E-state index in [1.54, 1.807) is 0 Å². The van der Waals surface area contributed by atoms with Gasteiger partial charge in [-0.05, 0) is 6.42 Å². The third-order valence-corrected chi connectivity index (χ3v) is 1.47. The second kappa shape index (κ2) is 2.21. The summed E-state index contributed by atoms with van der Waals surface area (Å²) in [6, 6.07) is 0. The molecule has 0 amide bonds. The summed E-state index contributed by atoms with van der Waals surface area (Å²) in [6.07, 6.45) is 7.85. The van der Waals surface area contributed by atoms with Crippen molar-refractivity contribution < 1.29 is 0 Å². The molecule has 0 saturated carbocycles. The van der Waals surface area contributed by atoms with E-state index < -0.39 is 0 Å². The van der Waals surface area contributed by atoms with Gasteiger partial charge in [0, 0.05) is 0 Å². The molecule has 1 aliphatic rings. The highest BCUT2D eigenvalue weighted by atomic mass is 13.9. The molecule has 42 valence electrons. The standard InChI is InChI=1S/C7H11B/c1-8(2)7-5-3-4-6-7/h3,5-6H,4H2,1-2H3. The lowest BCUT2D eigenvalue weighted by Crippen LogP contribution is -2.00. The molecule has 0 aromatic rings. The molecule has 0 N–H and O–H groups in total. The smallest absolute Gasteiger partial charge is 0.0863 e. The van der Waals surface area contributed by atoms with Gasteiger partial charge in [0.1, 0.15) is 0 Å². The van der Waals surface area contributed by atoms with Crippen LogP contribution in [-0.4, -0.2) is 6.71 Å². The first-order chi connectivity index (χ1) is 3.80. The highest BCUT2D eigenvalue weighted by Crippen LogP contribution is 2.11. The van der Waals surface area contributed by atoms with Gasteiger partial charge < -0.3 is 0 Å². The van der Waals surface area contributed by atoms with Crippen LogP contribution in [0.1, 0.15) is 6.42 Å². The van der Waals surface area contributed by atoms with Crippen molar-refractivity contribution >= 4 is 6.71 Å². The molecule has 0 aromatic heterocycles. The molecule has 0 radical (unpaired) electrons. The van der Waals surface area contributed by atoms with Gasteiger partial charge in [0.2, 0.25) is 0 Å². The van der Waals surface area contributed by atoms with Crippen LogP contribution in [0.4, 0.5) is 0 Å². The maximum Gasteiger partial charge on any atom is 0.169 e. The Labute approximate surface area is 51.4 Å². The Bertz CT molecular complexity index is 131. The molecule has 0 unspecified atom stereocenters. The van der Waals surface area contributed by atoms with Gasteiger partial charge in [-0.25, -0.2) is 0 Å². The van der Waals surface area contributed by atoms with E-state index in [1.165, 1.54) is 5.47 Å². The molecule has 1 heteroatoms. The number of hydrogen-bond acceptors (Lipinski definition) is 0. The molecule has 0 bridgehead atoms. The number of hydrogen-bond donors (Lipinski definition) is 0. The summed E-state index contributed by atoms with van der Waals surface area (Å²) in [5.41, 5.74) is 1.49. The second-order valence-corrected chi connectivity index (χ2v) is 2.50. The predicted octanol–water partition coefficient (Wildman–Crippen LogP) is 2.17. The fourth-order valence-corrected chi connectivity index (χ4v) is 0.904. The van der Waals surface area contributed by atoms with Gasteiger partial charge in [-0.15, -0.1) is 0 Å². The van der Waals surface area contributed by atoms with Crippen molar-refractivity contribution in [2.75, 3.05) is 0 Å². The normalized spacial score (nSPS) is 16.5. The Morgan fingerprint density at radius 1 is 1.50 bits per heavy atom. The highest BCUT2D eigenvalue weighted by molar-refractivity contribution is 6.64. The van der Waals surface area contributed by atoms with E-state index in [-0.39, 0.29) is 0 Å². The van der Waals surface area contributed by atoms with Crippen LogP contribution in [0.5, 0.6) is 0 Å². The SMILES string of the molecule is CB(C)C1=CCC=C1. The van der Waals surface area contributed by atoms with Crippen molar-refractivity contribution in [3.05, 3.63) is 23.7 Å². The van der Waals surface area contributed by atoms with Crippen molar-refractivity contribution in [3.8, 4) is 0 Å². The lowest BCUT2D eigenvalue weighted by molar-refractivity contribution is 1.45. The van der Waals surface area contributed by atoms with Crippen LogP contribution < -0.4 is 0 Å². The maximum absolute atomic E-state index is 2.28. The molecule has 1 aliphatic carbocycles. The van der Waals surface area contributed by atoms with Crippen LogP contribution in [0.15, 0.2) is 23.7 Å². The molecule has 0 nitrogen and oxygen atoms in total. The Balaban J connectivity index is 2.58. The summed E-state index contributed by atoms with van der Waals surface area (Å²) in [7, 11) is 0. The maximum atomic E-state index is 2.28. The lowest BCUT2D eigenvalue weighted by Gasteiger charge is -1.95. The molecule has 0 heterocycles. The van der Waals surface area contributed by atoms with Crippen LogP contribution in [0.25, 0.3) is 0 Å². The average molecular weight is 106 g/mol. The largest absolute Gasteiger partial charge is 0.169 e. The molecular weight excluding hydrogens is 94.9 g/mol. The molecule has 0 saturated heterocycles. The number of rotatable bonds is 1. The van der Waals surface area contributed by atoms with Crippen molar-refractivity contribution in [2.45, 2.75) is 20.1 Å². The van der Waals surface area contributed by atoms with Gasteiger partial charge >= 0.3 is 0 Å². The minimum Gasteiger partial charge on any atom is -0.0863 e. The van der Waals surface area contributed by atoms with Gasteiger partial charge in [0.15, 0.2) is 6.71 Å². The highest BCUT2D eigenvalue weighted by Gasteiger charge is 2.04. The Morgan fingerprint density at radius 3 is 2.50 bits per heavy atom. The lowest BCUT2D eigenvalue weighted by atomic mass is 9.49. The summed E-state index contributed by atoms with van der Waals surface area (Å²) in [5.74, 6) is 0. The summed E-state index contributed by atoms with van der Waals surface area (Å²) < 4.78 is 0. The predicted molar refractivity (Wildman–Crippen MR) is 39.3 cm³/mol. The number of allylic oxidation sites excluding steroid dienone is 4. The van der Waals surface area contributed by atoms with Crippen LogP contribution in [0.2, 0.25) is 13.6 Å². The van der Waals surface area contributed by atoms with Gasteiger partial charge in [0.25, 0.3) is 0 Å². The van der Waals surface area contributed by atoms with E-state index >= 15 is 0 Å². The summed E-state index contributed by atoms with van der Waals surface area (Å²) >= 11 is 0. The average Bonchev–Trinajstić information content (AvgIpc) is 2.12. The Hall–Kier alpha value is -0.455. The quantitative estimate of drug-likeness (QED) is 0.449. The summed E-state index contributed by atoms with van der Waals surface area (Å²) in [5, 5.41) is 0. The van der Waals surface area contributed by atoms with Crippen molar-refractivity contribution in [1.29, 1.82) is 0 Å². The zero-order valence-electron chi connectivity index (χ0n) is 5.52. The fraction of sp³-hybridized carbons (Fsp3) is 0.429. The van der Waals surface area contributed by atoms with Crippen molar-refractivity contribution in [1.82, 2.24) is 0 Å². The van der Waals surface area contributed by atoms with Gasteiger partial charge in [-0.2, -0.15) is 0 Å². The first-order valence-electron chi connectivity index (χ1n) is 3.17. The third-order valence-electron chi connectivity index (χ3n) is 1.47. The Morgan fingerprint density at radius 2 is 2.25 bits per heavy atom. The van der Waals surface area contributed by atoms with E-state index in [1.807, 2.05) is 0 Å². The molecule has 0 fully saturated rings. The summed E-state index contributed by atoms with van der Waals surface area (Å²) in [4.78, 5) is 0. The van der Waals surface area contributed by atoms with E-state index in [0.29, 0.717) is 6.71 Å². The van der Waals surface area contributed by atoms with Crippen LogP contribution in [-0.2, 0) is 0 Å². The van der Waals surface area contributed by atoms with E-state index in [0.717, 1.165) is 6.42 Å². The third kappa shape index (κ3) is 1.03. The van der Waals surface area contributed by atoms with E-state index in [9.17, 15) is 0 Å². The molecule has 1 rings (SSSR count).